The molecule has 0 unspecified atom stereocenters. The van der Waals surface area contributed by atoms with Gasteiger partial charge >= 0.3 is 6.03 Å². The normalized spacial score (nSPS) is 18.1. The van der Waals surface area contributed by atoms with Crippen LogP contribution >= 0.6 is 0 Å². The minimum Gasteiger partial charge on any atom is -0.352 e. The third kappa shape index (κ3) is 3.61. The van der Waals surface area contributed by atoms with E-state index in [1.54, 1.807) is 17.1 Å². The lowest BCUT2D eigenvalue weighted by molar-refractivity contribution is -0.127. The number of nitrogens with zero attached hydrogens (tertiary/aromatic N) is 1. The molecule has 15 heavy (non-hydrogen) atoms. The van der Waals surface area contributed by atoms with Crippen LogP contribution in [-0.4, -0.2) is 36.0 Å². The Balaban J connectivity index is 2.35. The third-order valence-corrected chi connectivity index (χ3v) is 2.46. The first-order valence-electron chi connectivity index (χ1n) is 5.11. The van der Waals surface area contributed by atoms with E-state index in [9.17, 15) is 9.59 Å². The van der Waals surface area contributed by atoms with Crippen LogP contribution in [-0.2, 0) is 4.79 Å². The van der Waals surface area contributed by atoms with E-state index in [1.807, 2.05) is 6.92 Å². The van der Waals surface area contributed by atoms with Gasteiger partial charge in [-0.1, -0.05) is 6.08 Å². The molecule has 1 aliphatic heterocycles. The Bertz CT molecular complexity index is 268. The van der Waals surface area contributed by atoms with Crippen LogP contribution in [0.1, 0.15) is 19.8 Å². The van der Waals surface area contributed by atoms with Crippen molar-refractivity contribution in [2.75, 3.05) is 13.1 Å². The molecule has 1 saturated heterocycles. The second-order valence-electron chi connectivity index (χ2n) is 3.61. The number of piperidine rings is 1. The van der Waals surface area contributed by atoms with Crippen LogP contribution in [0.3, 0.4) is 0 Å². The Kier molecular flexibility index (Phi) is 4.15. The second-order valence-corrected chi connectivity index (χ2v) is 3.61. The molecule has 1 rings (SSSR count). The van der Waals surface area contributed by atoms with Crippen LogP contribution in [0.15, 0.2) is 12.2 Å². The van der Waals surface area contributed by atoms with Crippen molar-refractivity contribution in [3.63, 3.8) is 0 Å². The molecule has 3 amide bonds. The lowest BCUT2D eigenvalue weighted by atomic mass is 10.1. The summed E-state index contributed by atoms with van der Waals surface area (Å²) in [7, 11) is 0. The zero-order valence-corrected chi connectivity index (χ0v) is 8.90. The summed E-state index contributed by atoms with van der Waals surface area (Å²) >= 11 is 0. The van der Waals surface area contributed by atoms with Gasteiger partial charge < -0.3 is 16.0 Å². The molecule has 0 aliphatic carbocycles. The van der Waals surface area contributed by atoms with E-state index in [2.05, 4.69) is 5.32 Å². The molecule has 0 spiro atoms. The monoisotopic (exact) mass is 211 g/mol. The highest BCUT2D eigenvalue weighted by atomic mass is 16.2. The number of hydrogen-bond donors (Lipinski definition) is 2. The molecule has 5 heteroatoms. The van der Waals surface area contributed by atoms with Crippen LogP contribution in [0.25, 0.3) is 0 Å². The van der Waals surface area contributed by atoms with Crippen molar-refractivity contribution in [2.24, 2.45) is 5.73 Å². The van der Waals surface area contributed by atoms with Gasteiger partial charge in [0.05, 0.1) is 0 Å². The summed E-state index contributed by atoms with van der Waals surface area (Å²) in [6.45, 7) is 3.17. The average molecular weight is 211 g/mol. The summed E-state index contributed by atoms with van der Waals surface area (Å²) in [4.78, 5) is 23.8. The zero-order valence-electron chi connectivity index (χ0n) is 8.90. The highest BCUT2D eigenvalue weighted by Gasteiger charge is 2.21. The minimum absolute atomic E-state index is 0.0371. The Morgan fingerprint density at radius 1 is 1.40 bits per heavy atom. The van der Waals surface area contributed by atoms with Crippen molar-refractivity contribution in [3.05, 3.63) is 12.2 Å². The average Bonchev–Trinajstić information content (AvgIpc) is 2.18. The van der Waals surface area contributed by atoms with Crippen LogP contribution in [0, 0.1) is 0 Å². The van der Waals surface area contributed by atoms with E-state index in [-0.39, 0.29) is 11.9 Å². The lowest BCUT2D eigenvalue weighted by Crippen LogP contribution is -2.47. The van der Waals surface area contributed by atoms with Gasteiger partial charge in [-0.15, -0.1) is 0 Å². The Morgan fingerprint density at radius 3 is 2.47 bits per heavy atom. The molecule has 1 fully saturated rings. The molecule has 3 N–H and O–H groups in total. The van der Waals surface area contributed by atoms with Gasteiger partial charge in [-0.3, -0.25) is 4.79 Å². The highest BCUT2D eigenvalue weighted by molar-refractivity contribution is 5.87. The molecule has 0 aromatic rings. The lowest BCUT2D eigenvalue weighted by Gasteiger charge is -2.31. The van der Waals surface area contributed by atoms with Gasteiger partial charge in [-0.2, -0.15) is 0 Å². The van der Waals surface area contributed by atoms with Crippen molar-refractivity contribution in [2.45, 2.75) is 25.8 Å². The van der Waals surface area contributed by atoms with Crippen molar-refractivity contribution >= 4 is 11.9 Å². The summed E-state index contributed by atoms with van der Waals surface area (Å²) in [5.41, 5.74) is 5.02. The number of urea groups is 1. The summed E-state index contributed by atoms with van der Waals surface area (Å²) in [5, 5.41) is 2.66. The van der Waals surface area contributed by atoms with Crippen LogP contribution in [0.2, 0.25) is 0 Å². The van der Waals surface area contributed by atoms with Gasteiger partial charge in [0.15, 0.2) is 0 Å². The quantitative estimate of drug-likeness (QED) is 0.641. The largest absolute Gasteiger partial charge is 0.352 e. The smallest absolute Gasteiger partial charge is 0.312 e. The van der Waals surface area contributed by atoms with Gasteiger partial charge in [0.2, 0.25) is 5.91 Å². The van der Waals surface area contributed by atoms with Crippen LogP contribution in [0.5, 0.6) is 0 Å². The zero-order chi connectivity index (χ0) is 11.3. The van der Waals surface area contributed by atoms with Crippen LogP contribution < -0.4 is 11.1 Å². The molecule has 1 heterocycles. The van der Waals surface area contributed by atoms with Gasteiger partial charge in [-0.25, -0.2) is 4.79 Å². The standard InChI is InChI=1S/C10H17N3O2/c1-2-3-9(14)13-6-4-8(5-7-13)12-10(11)15/h2-3,8H,4-7H2,1H3,(H3,11,12,15)/b3-2+. The highest BCUT2D eigenvalue weighted by Crippen LogP contribution is 2.10. The molecule has 0 bridgehead atoms. The molecular formula is C10H17N3O2. The Morgan fingerprint density at radius 2 is 2.00 bits per heavy atom. The molecule has 0 atom stereocenters. The number of carbonyl (C=O) groups is 2. The van der Waals surface area contributed by atoms with E-state index in [1.165, 1.54) is 0 Å². The maximum absolute atomic E-state index is 11.5. The molecule has 0 saturated carbocycles. The van der Waals surface area contributed by atoms with Gasteiger partial charge in [-0.05, 0) is 25.8 Å². The van der Waals surface area contributed by atoms with Crippen molar-refractivity contribution in [1.29, 1.82) is 0 Å². The number of likely N-dealkylation sites (tertiary alicyclic amines) is 1. The predicted molar refractivity (Wildman–Crippen MR) is 57.1 cm³/mol. The van der Waals surface area contributed by atoms with E-state index in [4.69, 9.17) is 5.73 Å². The third-order valence-electron chi connectivity index (χ3n) is 2.46. The number of carbonyl (C=O) groups excluding carboxylic acids is 2. The van der Waals surface area contributed by atoms with E-state index >= 15 is 0 Å². The maximum Gasteiger partial charge on any atom is 0.312 e. The summed E-state index contributed by atoms with van der Waals surface area (Å²) in [5.74, 6) is 0.0371. The van der Waals surface area contributed by atoms with E-state index in [0.29, 0.717) is 13.1 Å². The van der Waals surface area contributed by atoms with Crippen molar-refractivity contribution < 1.29 is 9.59 Å². The maximum atomic E-state index is 11.5. The van der Waals surface area contributed by atoms with Gasteiger partial charge in [0, 0.05) is 19.1 Å². The Hall–Kier alpha value is -1.52. The van der Waals surface area contributed by atoms with Crippen molar-refractivity contribution in [1.82, 2.24) is 10.2 Å². The first-order chi connectivity index (χ1) is 7.13. The topological polar surface area (TPSA) is 75.4 Å². The van der Waals surface area contributed by atoms with Gasteiger partial charge in [0.1, 0.15) is 0 Å². The fourth-order valence-electron chi connectivity index (χ4n) is 1.69. The summed E-state index contributed by atoms with van der Waals surface area (Å²) in [6, 6.07) is -0.384. The minimum atomic E-state index is -0.492. The van der Waals surface area contributed by atoms with Gasteiger partial charge in [0.25, 0.3) is 0 Å². The first-order valence-corrected chi connectivity index (χ1v) is 5.11. The summed E-state index contributed by atoms with van der Waals surface area (Å²) < 4.78 is 0. The van der Waals surface area contributed by atoms with Crippen LogP contribution in [0.4, 0.5) is 4.79 Å². The van der Waals surface area contributed by atoms with E-state index in [0.717, 1.165) is 12.8 Å². The Labute approximate surface area is 89.3 Å². The molecular weight excluding hydrogens is 194 g/mol. The molecule has 84 valence electrons. The molecule has 1 aliphatic rings. The number of nitrogens with two attached hydrogens (primary N) is 1. The predicted octanol–water partition coefficient (Wildman–Crippen LogP) is 0.222. The number of amides is 3. The fraction of sp³-hybridized carbons (Fsp3) is 0.600. The molecule has 0 aromatic carbocycles. The summed E-state index contributed by atoms with van der Waals surface area (Å²) in [6.07, 6.45) is 4.83. The number of hydrogen-bond acceptors (Lipinski definition) is 2. The molecule has 5 nitrogen and oxygen atoms in total. The number of allylic oxidation sites excluding steroid dienone is 1. The first kappa shape index (κ1) is 11.6. The van der Waals surface area contributed by atoms with Crippen molar-refractivity contribution in [3.8, 4) is 0 Å². The molecule has 0 aromatic heterocycles. The molecule has 0 radical (unpaired) electrons. The SMILES string of the molecule is C/C=C/C(=O)N1CCC(NC(N)=O)CC1. The fourth-order valence-corrected chi connectivity index (χ4v) is 1.69. The second kappa shape index (κ2) is 5.38. The number of nitrogens with one attached hydrogen (secondary N) is 1. The number of primary amides is 1. The van der Waals surface area contributed by atoms with E-state index < -0.39 is 6.03 Å². The number of rotatable bonds is 2.